The summed E-state index contributed by atoms with van der Waals surface area (Å²) in [4.78, 5) is 9.72. The molecule has 0 unspecified atom stereocenters. The van der Waals surface area contributed by atoms with Gasteiger partial charge in [0.15, 0.2) is 0 Å². The molecule has 0 spiro atoms. The summed E-state index contributed by atoms with van der Waals surface area (Å²) in [6, 6.07) is 48.1. The zero-order valence-electron chi connectivity index (χ0n) is 35.8. The molecule has 6 aromatic carbocycles. The fraction of sp³-hybridized carbons (Fsp3) is 0.222. The number of aromatic hydroxyl groups is 1. The first-order valence-corrected chi connectivity index (χ1v) is 21.0. The summed E-state index contributed by atoms with van der Waals surface area (Å²) in [6.07, 6.45) is 6.39. The number of hydrogen-bond donors (Lipinski definition) is 1. The van der Waals surface area contributed by atoms with Crippen molar-refractivity contribution >= 4 is 11.4 Å². The van der Waals surface area contributed by atoms with Gasteiger partial charge in [-0.25, -0.2) is 0 Å². The van der Waals surface area contributed by atoms with Gasteiger partial charge in [0.1, 0.15) is 11.6 Å². The van der Waals surface area contributed by atoms with Gasteiger partial charge < -0.3 is 19.5 Å². The molecule has 0 atom stereocenters. The van der Waals surface area contributed by atoms with Crippen LogP contribution in [0.3, 0.4) is 0 Å². The maximum absolute atomic E-state index is 11.3. The minimum absolute atomic E-state index is 0. The van der Waals surface area contributed by atoms with E-state index in [0.717, 1.165) is 22.6 Å². The maximum atomic E-state index is 11.3. The van der Waals surface area contributed by atoms with E-state index in [0.29, 0.717) is 23.2 Å². The van der Waals surface area contributed by atoms with Gasteiger partial charge in [0.25, 0.3) is 0 Å². The number of para-hydroxylation sites is 1. The number of anilines is 2. The van der Waals surface area contributed by atoms with E-state index in [-0.39, 0.29) is 38.7 Å². The quantitative estimate of drug-likeness (QED) is 0.131. The standard InChI is InChI=1S/C54H54N4O.Pt/c1-35(2)46-29-42(39-18-11-9-12-19-39)30-47(36(3)4)52(46)57-27-26-56(34-57)44-23-17-22-41(28-44)50-33-58(54(55-50)45-24-15-16-25-51(45)59)53-48(37(5)6)31-43(32-49(53)38(7)8)40-20-13-10-14-21-40;/h9-27,29-38,59H,1-8H3;/q-2;+2. The molecule has 2 heterocycles. The SMILES string of the molecule is CC(C)c1cc(-c2ccccc2)cc(C(C)C)c1N1C=CN(c2[c-]c(-c3cn(-c4c(C(C)C)cc(-c5ccccc5)cc4C(C)C)c(-c4ccccc4O)n3)ccc2)[CH-]1.[Pt+2]. The van der Waals surface area contributed by atoms with Gasteiger partial charge in [-0.05, 0) is 123 Å². The monoisotopic (exact) mass is 969 g/mol. The largest absolute Gasteiger partial charge is 2.00 e. The van der Waals surface area contributed by atoms with Gasteiger partial charge >= 0.3 is 21.1 Å². The molecule has 60 heavy (non-hydrogen) atoms. The van der Waals surface area contributed by atoms with Crippen molar-refractivity contribution in [3.8, 4) is 56.3 Å². The summed E-state index contributed by atoms with van der Waals surface area (Å²) in [5.41, 5.74) is 15.5. The predicted octanol–water partition coefficient (Wildman–Crippen LogP) is 14.5. The number of hydrogen-bond acceptors (Lipinski definition) is 4. The van der Waals surface area contributed by atoms with E-state index in [2.05, 4.69) is 204 Å². The third-order valence-electron chi connectivity index (χ3n) is 11.4. The zero-order valence-corrected chi connectivity index (χ0v) is 38.1. The Bertz CT molecular complexity index is 2560. The van der Waals surface area contributed by atoms with Gasteiger partial charge in [0, 0.05) is 11.4 Å². The van der Waals surface area contributed by atoms with Gasteiger partial charge in [-0.15, -0.1) is 36.5 Å². The minimum atomic E-state index is 0. The average Bonchev–Trinajstić information content (AvgIpc) is 3.92. The maximum Gasteiger partial charge on any atom is 2.00 e. The molecular weight excluding hydrogens is 916 g/mol. The van der Waals surface area contributed by atoms with Gasteiger partial charge in [0.2, 0.25) is 0 Å². The number of phenolic OH excluding ortho intramolecular Hbond substituents is 1. The molecular formula is C54H54N4OPt. The first-order chi connectivity index (χ1) is 28.5. The fourth-order valence-electron chi connectivity index (χ4n) is 8.21. The van der Waals surface area contributed by atoms with Crippen LogP contribution in [-0.2, 0) is 21.1 Å². The van der Waals surface area contributed by atoms with Crippen molar-refractivity contribution in [3.63, 3.8) is 0 Å². The molecule has 5 nitrogen and oxygen atoms in total. The van der Waals surface area contributed by atoms with Crippen LogP contribution in [0.2, 0.25) is 0 Å². The van der Waals surface area contributed by atoms with Crippen molar-refractivity contribution in [2.75, 3.05) is 9.80 Å². The molecule has 1 aromatic heterocycles. The molecule has 1 aliphatic rings. The Labute approximate surface area is 371 Å². The van der Waals surface area contributed by atoms with Gasteiger partial charge in [-0.2, -0.15) is 0 Å². The summed E-state index contributed by atoms with van der Waals surface area (Å²) in [5, 5.41) is 11.3. The number of benzene rings is 6. The first kappa shape index (κ1) is 42.5. The molecule has 6 heteroatoms. The van der Waals surface area contributed by atoms with E-state index in [1.807, 2.05) is 18.2 Å². The fourth-order valence-corrected chi connectivity index (χ4v) is 8.21. The van der Waals surface area contributed by atoms with E-state index in [1.54, 1.807) is 6.07 Å². The molecule has 0 aliphatic carbocycles. The number of imidazole rings is 1. The Morgan fingerprint density at radius 1 is 0.533 bits per heavy atom. The zero-order chi connectivity index (χ0) is 41.4. The second-order valence-corrected chi connectivity index (χ2v) is 16.9. The second kappa shape index (κ2) is 17.9. The van der Waals surface area contributed by atoms with E-state index < -0.39 is 0 Å². The number of phenols is 1. The number of nitrogens with zero attached hydrogens (tertiary/aromatic N) is 4. The van der Waals surface area contributed by atoms with Crippen molar-refractivity contribution in [1.82, 2.24) is 9.55 Å². The molecule has 0 bridgehead atoms. The van der Waals surface area contributed by atoms with Crippen molar-refractivity contribution < 1.29 is 26.2 Å². The van der Waals surface area contributed by atoms with Crippen LogP contribution in [0.4, 0.5) is 11.4 Å². The predicted molar refractivity (Wildman–Crippen MR) is 247 cm³/mol. The van der Waals surface area contributed by atoms with Crippen LogP contribution >= 0.6 is 0 Å². The Balaban J connectivity index is 0.00000544. The Hall–Kier alpha value is -5.64. The van der Waals surface area contributed by atoms with Crippen LogP contribution in [0.25, 0.3) is 50.6 Å². The van der Waals surface area contributed by atoms with Crippen LogP contribution in [0, 0.1) is 12.7 Å². The van der Waals surface area contributed by atoms with Crippen molar-refractivity contribution in [2.24, 2.45) is 0 Å². The molecule has 0 amide bonds. The minimum Gasteiger partial charge on any atom is -0.507 e. The Kier molecular flexibility index (Phi) is 12.7. The molecule has 8 rings (SSSR count). The third-order valence-corrected chi connectivity index (χ3v) is 11.4. The summed E-state index contributed by atoms with van der Waals surface area (Å²) in [7, 11) is 0. The molecule has 1 aliphatic heterocycles. The molecule has 0 radical (unpaired) electrons. The van der Waals surface area contributed by atoms with Gasteiger partial charge in [0.05, 0.1) is 11.3 Å². The van der Waals surface area contributed by atoms with E-state index in [9.17, 15) is 5.11 Å². The topological polar surface area (TPSA) is 44.5 Å². The molecule has 306 valence electrons. The third kappa shape index (κ3) is 8.38. The molecule has 7 aromatic rings. The summed E-state index contributed by atoms with van der Waals surface area (Å²) in [6.45, 7) is 20.3. The second-order valence-electron chi connectivity index (χ2n) is 16.9. The number of aromatic nitrogens is 2. The summed E-state index contributed by atoms with van der Waals surface area (Å²) >= 11 is 0. The number of rotatable bonds is 11. The summed E-state index contributed by atoms with van der Waals surface area (Å²) < 4.78 is 2.20. The molecule has 1 N–H and O–H groups in total. The van der Waals surface area contributed by atoms with Gasteiger partial charge in [-0.3, -0.25) is 4.98 Å². The normalized spacial score (nSPS) is 12.7. The van der Waals surface area contributed by atoms with E-state index in [4.69, 9.17) is 4.98 Å². The van der Waals surface area contributed by atoms with Crippen LogP contribution in [0.5, 0.6) is 5.75 Å². The molecule has 0 fully saturated rings. The average molecular weight is 970 g/mol. The van der Waals surface area contributed by atoms with Crippen molar-refractivity contribution in [2.45, 2.75) is 79.1 Å². The molecule has 0 saturated heterocycles. The Morgan fingerprint density at radius 2 is 1.02 bits per heavy atom. The summed E-state index contributed by atoms with van der Waals surface area (Å²) in [5.74, 6) is 1.99. The van der Waals surface area contributed by atoms with Crippen LogP contribution in [-0.4, -0.2) is 14.7 Å². The Morgan fingerprint density at radius 3 is 1.53 bits per heavy atom. The van der Waals surface area contributed by atoms with Gasteiger partial charge in [-0.1, -0.05) is 134 Å². The molecule has 0 saturated carbocycles. The van der Waals surface area contributed by atoms with Crippen molar-refractivity contribution in [1.29, 1.82) is 0 Å². The van der Waals surface area contributed by atoms with Crippen molar-refractivity contribution in [3.05, 3.63) is 181 Å². The van der Waals surface area contributed by atoms with Crippen LogP contribution < -0.4 is 9.80 Å². The van der Waals surface area contributed by atoms with E-state index >= 15 is 0 Å². The smallest absolute Gasteiger partial charge is 0.507 e. The van der Waals surface area contributed by atoms with E-state index in [1.165, 1.54) is 50.2 Å². The first-order valence-electron chi connectivity index (χ1n) is 21.0. The van der Waals surface area contributed by atoms with Crippen LogP contribution in [0.15, 0.2) is 146 Å². The van der Waals surface area contributed by atoms with Crippen LogP contribution in [0.1, 0.15) is 101 Å².